The first-order valence-electron chi connectivity index (χ1n) is 6.20. The summed E-state index contributed by atoms with van der Waals surface area (Å²) in [6.07, 6.45) is 5.18. The summed E-state index contributed by atoms with van der Waals surface area (Å²) in [4.78, 5) is 29.4. The molecule has 0 aromatic carbocycles. The lowest BCUT2D eigenvalue weighted by molar-refractivity contribution is -0.134. The Kier molecular flexibility index (Phi) is 4.42. The Bertz CT molecular complexity index is 475. The van der Waals surface area contributed by atoms with E-state index in [9.17, 15) is 9.59 Å². The van der Waals surface area contributed by atoms with Gasteiger partial charge in [-0.3, -0.25) is 9.59 Å². The van der Waals surface area contributed by atoms with Gasteiger partial charge in [0.2, 0.25) is 11.8 Å². The van der Waals surface area contributed by atoms with E-state index in [0.29, 0.717) is 12.2 Å². The summed E-state index contributed by atoms with van der Waals surface area (Å²) in [6.45, 7) is 2.16. The molecule has 1 saturated heterocycles. The van der Waals surface area contributed by atoms with Gasteiger partial charge in [-0.2, -0.15) is 0 Å². The average molecular weight is 279 g/mol. The molecule has 6 heteroatoms. The number of pyridine rings is 1. The quantitative estimate of drug-likeness (QED) is 0.856. The molecular weight excluding hydrogens is 262 g/mol. The summed E-state index contributed by atoms with van der Waals surface area (Å²) < 4.78 is 0. The van der Waals surface area contributed by atoms with Gasteiger partial charge in [0.05, 0.1) is 16.9 Å². The number of carbonyl (C=O) groups is 2. The van der Waals surface area contributed by atoms with Crippen LogP contribution in [0.25, 0.3) is 0 Å². The van der Waals surface area contributed by atoms with E-state index in [1.165, 1.54) is 6.92 Å². The number of nitrogens with zero attached hydrogens (tertiary/aromatic N) is 2. The number of amides is 2. The van der Waals surface area contributed by atoms with E-state index in [4.69, 9.17) is 0 Å². The van der Waals surface area contributed by atoms with Gasteiger partial charge in [0.15, 0.2) is 0 Å². The molecule has 0 bridgehead atoms. The summed E-state index contributed by atoms with van der Waals surface area (Å²) in [7, 11) is 0. The van der Waals surface area contributed by atoms with Crippen LogP contribution in [-0.4, -0.2) is 40.5 Å². The summed E-state index contributed by atoms with van der Waals surface area (Å²) in [6, 6.07) is 3.33. The van der Waals surface area contributed by atoms with Crippen LogP contribution in [-0.2, 0) is 9.59 Å². The van der Waals surface area contributed by atoms with E-state index in [1.54, 1.807) is 22.9 Å². The Morgan fingerprint density at radius 1 is 1.47 bits per heavy atom. The highest BCUT2D eigenvalue weighted by Crippen LogP contribution is 2.20. The minimum Gasteiger partial charge on any atom is -0.331 e. The van der Waals surface area contributed by atoms with Crippen molar-refractivity contribution >= 4 is 29.3 Å². The fourth-order valence-electron chi connectivity index (χ4n) is 2.22. The van der Waals surface area contributed by atoms with Gasteiger partial charge in [-0.05, 0) is 31.2 Å². The van der Waals surface area contributed by atoms with Gasteiger partial charge in [-0.15, -0.1) is 11.8 Å². The number of likely N-dealkylation sites (tertiary alicyclic amines) is 1. The summed E-state index contributed by atoms with van der Waals surface area (Å²) >= 11 is 1.55. The maximum absolute atomic E-state index is 12.1. The second kappa shape index (κ2) is 6.06. The number of aromatic nitrogens is 1. The third-order valence-electron chi connectivity index (χ3n) is 3.17. The SMILES string of the molecule is CSc1ccc(NC(=O)[C@H]2CCCN2C(C)=O)cn1. The molecule has 19 heavy (non-hydrogen) atoms. The standard InChI is InChI=1S/C13H17N3O2S/c1-9(17)16-7-3-4-11(16)13(18)15-10-5-6-12(19-2)14-8-10/h5-6,8,11H,3-4,7H2,1-2H3,(H,15,18)/t11-/m1/s1. The van der Waals surface area contributed by atoms with Crippen molar-refractivity contribution < 1.29 is 9.59 Å². The van der Waals surface area contributed by atoms with Crippen molar-refractivity contribution in [1.29, 1.82) is 0 Å². The summed E-state index contributed by atoms with van der Waals surface area (Å²) in [5.41, 5.74) is 0.665. The summed E-state index contributed by atoms with van der Waals surface area (Å²) in [5, 5.41) is 3.72. The van der Waals surface area contributed by atoms with Crippen molar-refractivity contribution in [3.05, 3.63) is 18.3 Å². The highest BCUT2D eigenvalue weighted by atomic mass is 32.2. The van der Waals surface area contributed by atoms with Crippen LogP contribution in [0.3, 0.4) is 0 Å². The molecule has 0 radical (unpaired) electrons. The maximum atomic E-state index is 12.1. The minimum atomic E-state index is -0.349. The van der Waals surface area contributed by atoms with Gasteiger partial charge in [0.1, 0.15) is 6.04 Å². The normalized spacial score (nSPS) is 18.4. The van der Waals surface area contributed by atoms with Crippen LogP contribution in [0.15, 0.2) is 23.4 Å². The zero-order valence-electron chi connectivity index (χ0n) is 11.0. The van der Waals surface area contributed by atoms with Crippen molar-refractivity contribution in [1.82, 2.24) is 9.88 Å². The number of rotatable bonds is 3. The minimum absolute atomic E-state index is 0.0477. The second-order valence-electron chi connectivity index (χ2n) is 4.45. The topological polar surface area (TPSA) is 62.3 Å². The van der Waals surface area contributed by atoms with Gasteiger partial charge >= 0.3 is 0 Å². The van der Waals surface area contributed by atoms with Crippen LogP contribution in [0.4, 0.5) is 5.69 Å². The van der Waals surface area contributed by atoms with E-state index in [2.05, 4.69) is 10.3 Å². The van der Waals surface area contributed by atoms with Gasteiger partial charge < -0.3 is 10.2 Å². The number of hydrogen-bond acceptors (Lipinski definition) is 4. The molecule has 1 aromatic rings. The second-order valence-corrected chi connectivity index (χ2v) is 5.28. The molecule has 0 aliphatic carbocycles. The highest BCUT2D eigenvalue weighted by molar-refractivity contribution is 7.98. The van der Waals surface area contributed by atoms with E-state index in [0.717, 1.165) is 17.9 Å². The Morgan fingerprint density at radius 2 is 2.26 bits per heavy atom. The monoisotopic (exact) mass is 279 g/mol. The van der Waals surface area contributed by atoms with Crippen molar-refractivity contribution in [2.24, 2.45) is 0 Å². The lowest BCUT2D eigenvalue weighted by atomic mass is 10.2. The van der Waals surface area contributed by atoms with Crippen LogP contribution >= 0.6 is 11.8 Å². The number of carbonyl (C=O) groups excluding carboxylic acids is 2. The number of nitrogens with one attached hydrogen (secondary N) is 1. The molecule has 0 unspecified atom stereocenters. The Morgan fingerprint density at radius 3 is 2.84 bits per heavy atom. The zero-order valence-corrected chi connectivity index (χ0v) is 11.9. The molecule has 1 aromatic heterocycles. The lowest BCUT2D eigenvalue weighted by Gasteiger charge is -2.22. The highest BCUT2D eigenvalue weighted by Gasteiger charge is 2.32. The van der Waals surface area contributed by atoms with Crippen molar-refractivity contribution in [3.63, 3.8) is 0 Å². The smallest absolute Gasteiger partial charge is 0.247 e. The van der Waals surface area contributed by atoms with Crippen molar-refractivity contribution in [3.8, 4) is 0 Å². The predicted octanol–water partition coefficient (Wildman–Crippen LogP) is 1.75. The number of hydrogen-bond donors (Lipinski definition) is 1. The average Bonchev–Trinajstić information content (AvgIpc) is 2.89. The van der Waals surface area contributed by atoms with Crippen LogP contribution in [0, 0.1) is 0 Å². The maximum Gasteiger partial charge on any atom is 0.247 e. The number of anilines is 1. The van der Waals surface area contributed by atoms with E-state index < -0.39 is 0 Å². The molecule has 1 atom stereocenters. The third-order valence-corrected chi connectivity index (χ3v) is 3.83. The fraction of sp³-hybridized carbons (Fsp3) is 0.462. The Balaban J connectivity index is 2.01. The van der Waals surface area contributed by atoms with Crippen molar-refractivity contribution in [2.75, 3.05) is 18.1 Å². The third kappa shape index (κ3) is 3.26. The first-order valence-corrected chi connectivity index (χ1v) is 7.42. The van der Waals surface area contributed by atoms with Crippen LogP contribution in [0.2, 0.25) is 0 Å². The van der Waals surface area contributed by atoms with Gasteiger partial charge in [0.25, 0.3) is 0 Å². The largest absolute Gasteiger partial charge is 0.331 e. The Hall–Kier alpha value is -1.56. The molecular formula is C13H17N3O2S. The van der Waals surface area contributed by atoms with E-state index in [1.807, 2.05) is 18.4 Å². The molecule has 2 heterocycles. The molecule has 2 amide bonds. The molecule has 0 saturated carbocycles. The fourth-order valence-corrected chi connectivity index (χ4v) is 2.58. The van der Waals surface area contributed by atoms with E-state index >= 15 is 0 Å². The first kappa shape index (κ1) is 13.9. The van der Waals surface area contributed by atoms with Crippen LogP contribution in [0.5, 0.6) is 0 Å². The Labute approximate surface area is 116 Å². The van der Waals surface area contributed by atoms with E-state index in [-0.39, 0.29) is 17.9 Å². The molecule has 102 valence electrons. The van der Waals surface area contributed by atoms with Gasteiger partial charge in [-0.1, -0.05) is 0 Å². The van der Waals surface area contributed by atoms with Crippen LogP contribution < -0.4 is 5.32 Å². The van der Waals surface area contributed by atoms with Gasteiger partial charge in [-0.25, -0.2) is 4.98 Å². The lowest BCUT2D eigenvalue weighted by Crippen LogP contribution is -2.42. The zero-order chi connectivity index (χ0) is 13.8. The molecule has 2 rings (SSSR count). The molecule has 1 fully saturated rings. The molecule has 5 nitrogen and oxygen atoms in total. The van der Waals surface area contributed by atoms with Gasteiger partial charge in [0, 0.05) is 13.5 Å². The van der Waals surface area contributed by atoms with Crippen LogP contribution in [0.1, 0.15) is 19.8 Å². The number of thioether (sulfide) groups is 1. The predicted molar refractivity (Wildman–Crippen MR) is 75.1 cm³/mol. The molecule has 1 aliphatic heterocycles. The first-order chi connectivity index (χ1) is 9.11. The molecule has 1 N–H and O–H groups in total. The van der Waals surface area contributed by atoms with Crippen molar-refractivity contribution in [2.45, 2.75) is 30.8 Å². The molecule has 0 spiro atoms. The summed E-state index contributed by atoms with van der Waals surface area (Å²) in [5.74, 6) is -0.181. The molecule has 1 aliphatic rings.